The Balaban J connectivity index is 1.46. The number of benzene rings is 1. The summed E-state index contributed by atoms with van der Waals surface area (Å²) in [4.78, 5) is 28.3. The fourth-order valence-electron chi connectivity index (χ4n) is 2.38. The summed E-state index contributed by atoms with van der Waals surface area (Å²) in [7, 11) is 0. The first-order valence-electron chi connectivity index (χ1n) is 8.01. The lowest BCUT2D eigenvalue weighted by molar-refractivity contribution is -0.121. The van der Waals surface area contributed by atoms with Crippen LogP contribution in [0.4, 0.5) is 0 Å². The molecule has 0 unspecified atom stereocenters. The molecular formula is C17H17ClN4O4. The van der Waals surface area contributed by atoms with Gasteiger partial charge in [0, 0.05) is 11.6 Å². The molecule has 0 aliphatic carbocycles. The molecule has 3 aromatic rings. The van der Waals surface area contributed by atoms with Crippen molar-refractivity contribution in [1.29, 1.82) is 0 Å². The molecule has 0 atom stereocenters. The minimum atomic E-state index is -0.354. The van der Waals surface area contributed by atoms with E-state index in [2.05, 4.69) is 15.5 Å². The Morgan fingerprint density at radius 2 is 2.27 bits per heavy atom. The van der Waals surface area contributed by atoms with Gasteiger partial charge >= 0.3 is 0 Å². The molecular weight excluding hydrogens is 360 g/mol. The SMILES string of the molecule is Cc1noc2ncn(CC(=O)NCCCOc3cccc(Cl)c3)c(=O)c12. The monoisotopic (exact) mass is 376 g/mol. The maximum atomic E-state index is 12.3. The molecule has 8 nitrogen and oxygen atoms in total. The van der Waals surface area contributed by atoms with Crippen molar-refractivity contribution in [2.75, 3.05) is 13.2 Å². The first-order chi connectivity index (χ1) is 12.5. The number of amides is 1. The van der Waals surface area contributed by atoms with Crippen LogP contribution in [0.15, 0.2) is 39.9 Å². The average Bonchev–Trinajstić information content (AvgIpc) is 2.99. The van der Waals surface area contributed by atoms with E-state index in [-0.39, 0.29) is 29.1 Å². The Bertz CT molecular complexity index is 982. The zero-order valence-corrected chi connectivity index (χ0v) is 14.8. The lowest BCUT2D eigenvalue weighted by atomic mass is 10.3. The molecule has 2 aromatic heterocycles. The van der Waals surface area contributed by atoms with Gasteiger partial charge in [0.1, 0.15) is 24.0 Å². The van der Waals surface area contributed by atoms with E-state index >= 15 is 0 Å². The van der Waals surface area contributed by atoms with E-state index in [9.17, 15) is 9.59 Å². The van der Waals surface area contributed by atoms with Crippen LogP contribution in [0.5, 0.6) is 5.75 Å². The van der Waals surface area contributed by atoms with Crippen molar-refractivity contribution in [3.05, 3.63) is 51.7 Å². The van der Waals surface area contributed by atoms with Crippen LogP contribution in [0, 0.1) is 6.92 Å². The van der Waals surface area contributed by atoms with Crippen molar-refractivity contribution in [2.45, 2.75) is 19.9 Å². The third-order valence-electron chi connectivity index (χ3n) is 3.66. The summed E-state index contributed by atoms with van der Waals surface area (Å²) >= 11 is 5.88. The quantitative estimate of drug-likeness (QED) is 0.632. The molecule has 0 fully saturated rings. The van der Waals surface area contributed by atoms with Gasteiger partial charge in [0.25, 0.3) is 11.3 Å². The molecule has 26 heavy (non-hydrogen) atoms. The summed E-state index contributed by atoms with van der Waals surface area (Å²) in [6.07, 6.45) is 1.90. The lowest BCUT2D eigenvalue weighted by Crippen LogP contribution is -2.33. The molecule has 0 radical (unpaired) electrons. The average molecular weight is 377 g/mol. The van der Waals surface area contributed by atoms with Gasteiger partial charge in [-0.3, -0.25) is 14.2 Å². The normalized spacial score (nSPS) is 10.8. The number of hydrogen-bond donors (Lipinski definition) is 1. The van der Waals surface area contributed by atoms with Gasteiger partial charge in [-0.05, 0) is 31.5 Å². The second kappa shape index (κ2) is 8.01. The van der Waals surface area contributed by atoms with E-state index < -0.39 is 0 Å². The topological polar surface area (TPSA) is 99.2 Å². The van der Waals surface area contributed by atoms with Crippen LogP contribution in [0.25, 0.3) is 11.1 Å². The van der Waals surface area contributed by atoms with Gasteiger partial charge in [-0.15, -0.1) is 0 Å². The van der Waals surface area contributed by atoms with Crippen molar-refractivity contribution in [3.8, 4) is 5.75 Å². The van der Waals surface area contributed by atoms with Crippen molar-refractivity contribution in [3.63, 3.8) is 0 Å². The number of nitrogens with one attached hydrogen (secondary N) is 1. The first kappa shape index (κ1) is 17.9. The molecule has 0 saturated carbocycles. The summed E-state index contributed by atoms with van der Waals surface area (Å²) in [5.41, 5.74) is 0.265. The fourth-order valence-corrected chi connectivity index (χ4v) is 2.56. The number of carbonyl (C=O) groups excluding carboxylic acids is 1. The number of carbonyl (C=O) groups is 1. The van der Waals surface area contributed by atoms with E-state index in [1.165, 1.54) is 10.9 Å². The van der Waals surface area contributed by atoms with Gasteiger partial charge in [0.05, 0.1) is 12.3 Å². The maximum Gasteiger partial charge on any atom is 0.267 e. The molecule has 0 saturated heterocycles. The number of ether oxygens (including phenoxy) is 1. The van der Waals surface area contributed by atoms with E-state index in [1.54, 1.807) is 25.1 Å². The number of fused-ring (bicyclic) bond motifs is 1. The number of aromatic nitrogens is 3. The van der Waals surface area contributed by atoms with Gasteiger partial charge < -0.3 is 14.6 Å². The number of nitrogens with zero attached hydrogens (tertiary/aromatic N) is 3. The van der Waals surface area contributed by atoms with Crippen molar-refractivity contribution in [2.24, 2.45) is 0 Å². The Labute approximate surface area is 153 Å². The van der Waals surface area contributed by atoms with E-state index in [4.69, 9.17) is 20.9 Å². The van der Waals surface area contributed by atoms with E-state index in [1.807, 2.05) is 6.07 Å². The van der Waals surface area contributed by atoms with Crippen LogP contribution in [0.2, 0.25) is 5.02 Å². The molecule has 0 bridgehead atoms. The number of hydrogen-bond acceptors (Lipinski definition) is 6. The van der Waals surface area contributed by atoms with Gasteiger partial charge in [0.15, 0.2) is 0 Å². The molecule has 3 rings (SSSR count). The lowest BCUT2D eigenvalue weighted by Gasteiger charge is -2.08. The van der Waals surface area contributed by atoms with Crippen LogP contribution < -0.4 is 15.6 Å². The van der Waals surface area contributed by atoms with Crippen LogP contribution in [-0.4, -0.2) is 33.8 Å². The van der Waals surface area contributed by atoms with Crippen LogP contribution in [-0.2, 0) is 11.3 Å². The van der Waals surface area contributed by atoms with E-state index in [0.29, 0.717) is 36.0 Å². The minimum Gasteiger partial charge on any atom is -0.493 e. The standard InChI is InChI=1S/C17H17ClN4O4/c1-11-15-16(26-21-11)20-10-22(17(15)24)9-14(23)19-6-3-7-25-13-5-2-4-12(18)8-13/h2,4-5,8,10H,3,6-7,9H2,1H3,(H,19,23). The van der Waals surface area contributed by atoms with Gasteiger partial charge in [-0.25, -0.2) is 4.98 Å². The predicted octanol–water partition coefficient (Wildman–Crippen LogP) is 1.93. The second-order valence-electron chi connectivity index (χ2n) is 5.64. The maximum absolute atomic E-state index is 12.3. The highest BCUT2D eigenvalue weighted by molar-refractivity contribution is 6.30. The molecule has 9 heteroatoms. The summed E-state index contributed by atoms with van der Waals surface area (Å²) in [5, 5.41) is 7.34. The smallest absolute Gasteiger partial charge is 0.267 e. The highest BCUT2D eigenvalue weighted by Crippen LogP contribution is 2.17. The van der Waals surface area contributed by atoms with Crippen LogP contribution in [0.3, 0.4) is 0 Å². The van der Waals surface area contributed by atoms with Gasteiger partial charge in [0.2, 0.25) is 5.91 Å². The van der Waals surface area contributed by atoms with Crippen molar-refractivity contribution < 1.29 is 14.1 Å². The number of halogens is 1. The summed E-state index contributed by atoms with van der Waals surface area (Å²) in [6.45, 7) is 2.39. The van der Waals surface area contributed by atoms with Gasteiger partial charge in [-0.2, -0.15) is 0 Å². The first-order valence-corrected chi connectivity index (χ1v) is 8.39. The number of rotatable bonds is 7. The molecule has 0 aliphatic rings. The second-order valence-corrected chi connectivity index (χ2v) is 6.07. The fraction of sp³-hybridized carbons (Fsp3) is 0.294. The third-order valence-corrected chi connectivity index (χ3v) is 3.89. The molecule has 0 aliphatic heterocycles. The van der Waals surface area contributed by atoms with Crippen molar-refractivity contribution >= 4 is 28.6 Å². The van der Waals surface area contributed by atoms with Crippen molar-refractivity contribution in [1.82, 2.24) is 20.0 Å². The largest absolute Gasteiger partial charge is 0.493 e. The third kappa shape index (κ3) is 4.20. The zero-order chi connectivity index (χ0) is 18.5. The molecule has 2 heterocycles. The van der Waals surface area contributed by atoms with Crippen LogP contribution >= 0.6 is 11.6 Å². The van der Waals surface area contributed by atoms with Crippen LogP contribution in [0.1, 0.15) is 12.1 Å². The molecule has 1 aromatic carbocycles. The minimum absolute atomic E-state index is 0.123. The van der Waals surface area contributed by atoms with Gasteiger partial charge in [-0.1, -0.05) is 22.8 Å². The Kier molecular flexibility index (Phi) is 5.52. The number of aryl methyl sites for hydroxylation is 1. The highest BCUT2D eigenvalue weighted by Gasteiger charge is 2.13. The molecule has 1 N–H and O–H groups in total. The summed E-state index contributed by atoms with van der Waals surface area (Å²) in [5.74, 6) is 0.393. The molecule has 136 valence electrons. The highest BCUT2D eigenvalue weighted by atomic mass is 35.5. The summed E-state index contributed by atoms with van der Waals surface area (Å²) in [6, 6.07) is 7.11. The Morgan fingerprint density at radius 3 is 3.08 bits per heavy atom. The molecule has 0 spiro atoms. The Hall–Kier alpha value is -2.87. The molecule has 1 amide bonds. The predicted molar refractivity (Wildman–Crippen MR) is 95.4 cm³/mol. The zero-order valence-electron chi connectivity index (χ0n) is 14.1. The summed E-state index contributed by atoms with van der Waals surface area (Å²) < 4.78 is 11.7. The van der Waals surface area contributed by atoms with E-state index in [0.717, 1.165) is 0 Å². The Morgan fingerprint density at radius 1 is 1.42 bits per heavy atom.